The standard InChI is InChI=1S/C28H33FN6O4.C27H31FN6O5.Li.H2O/c1-16-14-22(31-15-20(16)29)32-26(37)19-11-9-18(10-12-19)23-24(17(2)36)35(30)25(33-23)21-8-6-7-13-34(21)27(38)39-28(3,4)5;1-15-13-20(30-14-18(15)28)31-24(35)17-10-8-16(9-11-17)21-22(25(36)37)34(29)23(32-21)19-7-5-6-12-33(19)26(38)39-27(2,3)4;;/h9-12,14-15,21H,6-8,13,30H2,1-5H3,(H,31,32,37);8-11,13-14,19H,5-7,12,29H2,1-4H3,(H,36,37)(H,30,31,35);;1H2/q;;+1;/p-1/t21-;19-;;/m00../s1. The molecule has 0 bridgehead atoms. The number of aryl methyl sites for hydroxylation is 2. The summed E-state index contributed by atoms with van der Waals surface area (Å²) in [4.78, 5) is 96.3. The molecule has 0 saturated carbocycles. The van der Waals surface area contributed by atoms with Crippen LogP contribution in [0.5, 0.6) is 0 Å². The number of nitrogens with two attached hydrogens (primary N) is 2. The van der Waals surface area contributed by atoms with Crippen molar-refractivity contribution in [2.24, 2.45) is 0 Å². The molecule has 8 rings (SSSR count). The van der Waals surface area contributed by atoms with Gasteiger partial charge in [-0.1, -0.05) is 24.3 Å². The molecular formula is C55H65F2LiN12O10. The number of anilines is 2. The maximum Gasteiger partial charge on any atom is 1.00 e. The Morgan fingerprint density at radius 3 is 1.32 bits per heavy atom. The summed E-state index contributed by atoms with van der Waals surface area (Å²) in [5.41, 5.74) is 1.37. The van der Waals surface area contributed by atoms with Gasteiger partial charge in [0.2, 0.25) is 0 Å². The number of ketones is 1. The molecule has 0 aliphatic carbocycles. The van der Waals surface area contributed by atoms with E-state index >= 15 is 0 Å². The Kier molecular flexibility index (Phi) is 20.1. The Morgan fingerprint density at radius 2 is 0.988 bits per heavy atom. The molecule has 2 saturated heterocycles. The van der Waals surface area contributed by atoms with Gasteiger partial charge in [-0.3, -0.25) is 24.2 Å². The predicted molar refractivity (Wildman–Crippen MR) is 287 cm³/mol. The first-order valence-corrected chi connectivity index (χ1v) is 25.3. The van der Waals surface area contributed by atoms with Crippen LogP contribution in [-0.2, 0) is 9.47 Å². The summed E-state index contributed by atoms with van der Waals surface area (Å²) in [7, 11) is 0. The van der Waals surface area contributed by atoms with E-state index in [9.17, 15) is 42.7 Å². The molecule has 8 N–H and O–H groups in total. The molecule has 420 valence electrons. The summed E-state index contributed by atoms with van der Waals surface area (Å²) in [6, 6.07) is 14.5. The molecule has 0 radical (unpaired) electrons. The molecule has 2 aliphatic rings. The summed E-state index contributed by atoms with van der Waals surface area (Å²) in [5.74, 6) is 10.3. The van der Waals surface area contributed by atoms with Gasteiger partial charge >= 0.3 is 37.0 Å². The summed E-state index contributed by atoms with van der Waals surface area (Å²) in [6.07, 6.45) is 5.54. The quantitative estimate of drug-likeness (QED) is 0.0565. The summed E-state index contributed by atoms with van der Waals surface area (Å²) in [5, 5.41) is 15.2. The van der Waals surface area contributed by atoms with Crippen LogP contribution in [0.4, 0.5) is 30.0 Å². The van der Waals surface area contributed by atoms with Gasteiger partial charge in [0.25, 0.3) is 11.8 Å². The van der Waals surface area contributed by atoms with E-state index < -0.39 is 64.9 Å². The number of carboxylic acids is 1. The summed E-state index contributed by atoms with van der Waals surface area (Å²) in [6.45, 7) is 16.2. The zero-order valence-corrected chi connectivity index (χ0v) is 46.4. The smallest absolute Gasteiger partial charge is 0.870 e. The molecule has 2 fully saturated rings. The summed E-state index contributed by atoms with van der Waals surface area (Å²) < 4.78 is 40.4. The van der Waals surface area contributed by atoms with Gasteiger partial charge < -0.3 is 42.4 Å². The van der Waals surface area contributed by atoms with Gasteiger partial charge in [-0.15, -0.1) is 0 Å². The monoisotopic (exact) mass is 1100 g/mol. The fraction of sp³-hybridized carbons (Fsp3) is 0.382. The van der Waals surface area contributed by atoms with Crippen molar-refractivity contribution >= 4 is 47.4 Å². The Balaban J connectivity index is 0.000000287. The SMILES string of the molecule is CC(=O)c1c(-c2ccc(C(=O)Nc3cc(C)c(F)cn3)cc2)nc([C@@H]2CCCCN2C(=O)OC(C)(C)C)n1N.Cc1cc(NC(=O)c2ccc(-c3nc([C@@H]4CCCCN4C(=O)OC(C)(C)C)n(N)c3C(=O)O)cc2)ncc1F.[Li+].[OH-]. The van der Waals surface area contributed by atoms with Crippen molar-refractivity contribution in [2.75, 3.05) is 35.4 Å². The van der Waals surface area contributed by atoms with Crippen molar-refractivity contribution in [3.8, 4) is 22.5 Å². The number of aromatic carboxylic acids is 1. The number of pyridine rings is 2. The van der Waals surface area contributed by atoms with E-state index in [1.165, 1.54) is 40.8 Å². The van der Waals surface area contributed by atoms with Gasteiger partial charge in [0, 0.05) is 42.3 Å². The largest absolute Gasteiger partial charge is 1.00 e. The Morgan fingerprint density at radius 1 is 0.625 bits per heavy atom. The van der Waals surface area contributed by atoms with Crippen LogP contribution in [0.15, 0.2) is 73.1 Å². The fourth-order valence-corrected chi connectivity index (χ4v) is 8.94. The number of ether oxygens (including phenoxy) is 2. The second kappa shape index (κ2) is 25.7. The number of hydrogen-bond acceptors (Lipinski definition) is 15. The minimum absolute atomic E-state index is 0. The van der Waals surface area contributed by atoms with E-state index in [0.717, 1.165) is 42.8 Å². The normalized spacial score (nSPS) is 15.2. The van der Waals surface area contributed by atoms with Crippen molar-refractivity contribution in [3.05, 3.63) is 130 Å². The molecule has 0 spiro atoms. The number of rotatable bonds is 10. The molecule has 6 heterocycles. The number of amides is 4. The molecule has 2 aromatic carbocycles. The maximum atomic E-state index is 13.5. The van der Waals surface area contributed by atoms with Crippen molar-refractivity contribution in [1.82, 2.24) is 39.1 Å². The number of Topliss-reactive ketones (excluding diaryl/α,β-unsaturated/α-hetero) is 1. The molecule has 2 aliphatic heterocycles. The van der Waals surface area contributed by atoms with Gasteiger partial charge in [-0.05, 0) is 141 Å². The molecule has 80 heavy (non-hydrogen) atoms. The number of carboxylic acid groups (broad SMARTS) is 1. The second-order valence-corrected chi connectivity index (χ2v) is 21.0. The molecule has 25 heteroatoms. The minimum Gasteiger partial charge on any atom is -0.870 e. The van der Waals surface area contributed by atoms with Crippen LogP contribution in [0, 0.1) is 25.5 Å². The fourth-order valence-electron chi connectivity index (χ4n) is 8.94. The van der Waals surface area contributed by atoms with E-state index in [4.69, 9.17) is 26.1 Å². The van der Waals surface area contributed by atoms with Crippen LogP contribution in [0.2, 0.25) is 0 Å². The summed E-state index contributed by atoms with van der Waals surface area (Å²) >= 11 is 0. The van der Waals surface area contributed by atoms with Crippen LogP contribution in [-0.4, -0.2) is 110 Å². The third-order valence-corrected chi connectivity index (χ3v) is 12.7. The number of imidazole rings is 2. The van der Waals surface area contributed by atoms with Gasteiger partial charge in [0.1, 0.15) is 51.6 Å². The molecule has 22 nitrogen and oxygen atoms in total. The van der Waals surface area contributed by atoms with Gasteiger partial charge in [0.15, 0.2) is 23.1 Å². The number of nitrogens with one attached hydrogen (secondary N) is 2. The van der Waals surface area contributed by atoms with Crippen molar-refractivity contribution in [2.45, 2.75) is 124 Å². The van der Waals surface area contributed by atoms with Gasteiger partial charge in [-0.25, -0.2) is 52.5 Å². The second-order valence-electron chi connectivity index (χ2n) is 21.0. The Hall–Kier alpha value is -8.20. The van der Waals surface area contributed by atoms with E-state index in [2.05, 4.69) is 25.6 Å². The molecular weight excluding hydrogens is 1030 g/mol. The van der Waals surface area contributed by atoms with Crippen molar-refractivity contribution < 1.29 is 76.5 Å². The zero-order valence-electron chi connectivity index (χ0n) is 46.4. The zero-order chi connectivity index (χ0) is 57.0. The van der Waals surface area contributed by atoms with Crippen molar-refractivity contribution in [3.63, 3.8) is 0 Å². The molecule has 4 aromatic heterocycles. The first-order chi connectivity index (χ1) is 36.7. The third kappa shape index (κ3) is 14.7. The first-order valence-electron chi connectivity index (χ1n) is 25.3. The first kappa shape index (κ1) is 62.6. The van der Waals surface area contributed by atoms with E-state index in [-0.39, 0.29) is 70.2 Å². The Bertz CT molecular complexity index is 3050. The number of carbonyl (C=O) groups excluding carboxylic acids is 5. The number of piperidine rings is 2. The van der Waals surface area contributed by atoms with E-state index in [1.807, 2.05) is 0 Å². The minimum atomic E-state index is -1.29. The predicted octanol–water partition coefficient (Wildman–Crippen LogP) is 6.37. The van der Waals surface area contributed by atoms with E-state index in [0.29, 0.717) is 65.3 Å². The molecule has 2 atom stereocenters. The van der Waals surface area contributed by atoms with Crippen molar-refractivity contribution in [1.29, 1.82) is 0 Å². The number of nitrogen functional groups attached to an aromatic ring is 2. The van der Waals surface area contributed by atoms with E-state index in [1.54, 1.807) is 96.7 Å². The van der Waals surface area contributed by atoms with Gasteiger partial charge in [-0.2, -0.15) is 0 Å². The van der Waals surface area contributed by atoms with Crippen LogP contribution in [0.1, 0.15) is 164 Å². The molecule has 6 aromatic rings. The topological polar surface area (TPSA) is 315 Å². The van der Waals surface area contributed by atoms with Crippen LogP contribution < -0.4 is 41.2 Å². The number of likely N-dealkylation sites (tertiary alicyclic amines) is 2. The number of aromatic nitrogens is 6. The maximum absolute atomic E-state index is 13.5. The van der Waals surface area contributed by atoms with Crippen LogP contribution >= 0.6 is 0 Å². The number of halogens is 2. The third-order valence-electron chi connectivity index (χ3n) is 12.7. The number of hydrogen-bond donors (Lipinski definition) is 5. The average molecular weight is 1100 g/mol. The van der Waals surface area contributed by atoms with Crippen LogP contribution in [0.25, 0.3) is 22.5 Å². The average Bonchev–Trinajstić information content (AvgIpc) is 3.92. The number of nitrogens with zero attached hydrogens (tertiary/aromatic N) is 8. The molecule has 4 amide bonds. The Labute approximate surface area is 473 Å². The number of benzene rings is 2. The van der Waals surface area contributed by atoms with Crippen LogP contribution in [0.3, 0.4) is 0 Å². The molecule has 0 unspecified atom stereocenters. The number of carbonyl (C=O) groups is 6. The van der Waals surface area contributed by atoms with Gasteiger partial charge in [0.05, 0.1) is 24.5 Å².